The normalized spacial score (nSPS) is 10.7. The van der Waals surface area contributed by atoms with Gasteiger partial charge in [0.15, 0.2) is 0 Å². The van der Waals surface area contributed by atoms with E-state index in [4.69, 9.17) is 4.74 Å². The van der Waals surface area contributed by atoms with Gasteiger partial charge < -0.3 is 10.1 Å². The lowest BCUT2D eigenvalue weighted by Gasteiger charge is -2.05. The van der Waals surface area contributed by atoms with E-state index in [-0.39, 0.29) is 12.3 Å². The zero-order valence-electron chi connectivity index (χ0n) is 14.4. The second-order valence-corrected chi connectivity index (χ2v) is 6.60. The van der Waals surface area contributed by atoms with Crippen LogP contribution in [-0.2, 0) is 17.8 Å². The number of nitrogens with zero attached hydrogens (tertiary/aromatic N) is 3. The van der Waals surface area contributed by atoms with Crippen LogP contribution in [0.2, 0.25) is 0 Å². The third-order valence-corrected chi connectivity index (χ3v) is 4.59. The van der Waals surface area contributed by atoms with Gasteiger partial charge in [-0.25, -0.2) is 9.67 Å². The fraction of sp³-hybridized carbons (Fsp3) is 0.278. The SMILES string of the molecule is COc1ccc(CNC(=O)Cc2csc(-n3nc(C)cc3C)n2)cc1. The van der Waals surface area contributed by atoms with E-state index in [0.29, 0.717) is 6.54 Å². The molecule has 1 aromatic carbocycles. The van der Waals surface area contributed by atoms with Gasteiger partial charge >= 0.3 is 0 Å². The van der Waals surface area contributed by atoms with Gasteiger partial charge in [-0.1, -0.05) is 12.1 Å². The molecule has 0 unspecified atom stereocenters. The topological polar surface area (TPSA) is 69.0 Å². The Balaban J connectivity index is 1.57. The molecular weight excluding hydrogens is 336 g/mol. The highest BCUT2D eigenvalue weighted by Gasteiger charge is 2.11. The highest BCUT2D eigenvalue weighted by Crippen LogP contribution is 2.17. The van der Waals surface area contributed by atoms with Crippen LogP contribution in [-0.4, -0.2) is 27.8 Å². The van der Waals surface area contributed by atoms with Crippen LogP contribution in [0.3, 0.4) is 0 Å². The fourth-order valence-corrected chi connectivity index (χ4v) is 3.30. The third kappa shape index (κ3) is 4.24. The van der Waals surface area contributed by atoms with Crippen molar-refractivity contribution in [3.63, 3.8) is 0 Å². The van der Waals surface area contributed by atoms with Crippen LogP contribution in [0.25, 0.3) is 5.13 Å². The van der Waals surface area contributed by atoms with E-state index in [1.807, 2.05) is 49.6 Å². The van der Waals surface area contributed by atoms with Gasteiger partial charge in [-0.3, -0.25) is 4.79 Å². The van der Waals surface area contributed by atoms with Crippen LogP contribution in [0, 0.1) is 13.8 Å². The van der Waals surface area contributed by atoms with E-state index in [1.54, 1.807) is 11.8 Å². The summed E-state index contributed by atoms with van der Waals surface area (Å²) in [4.78, 5) is 16.6. The quantitative estimate of drug-likeness (QED) is 0.737. The highest BCUT2D eigenvalue weighted by atomic mass is 32.1. The fourth-order valence-electron chi connectivity index (χ4n) is 2.47. The van der Waals surface area contributed by atoms with Gasteiger partial charge in [0.05, 0.1) is 24.9 Å². The molecule has 25 heavy (non-hydrogen) atoms. The number of hydrogen-bond acceptors (Lipinski definition) is 5. The first-order chi connectivity index (χ1) is 12.0. The van der Waals surface area contributed by atoms with Gasteiger partial charge in [0.25, 0.3) is 0 Å². The maximum absolute atomic E-state index is 12.1. The molecule has 0 spiro atoms. The summed E-state index contributed by atoms with van der Waals surface area (Å²) in [5.41, 5.74) is 3.75. The number of aromatic nitrogens is 3. The molecule has 2 heterocycles. The molecule has 0 aliphatic carbocycles. The zero-order chi connectivity index (χ0) is 17.8. The third-order valence-electron chi connectivity index (χ3n) is 3.72. The lowest BCUT2D eigenvalue weighted by Crippen LogP contribution is -2.24. The van der Waals surface area contributed by atoms with Crippen LogP contribution in [0.1, 0.15) is 22.6 Å². The summed E-state index contributed by atoms with van der Waals surface area (Å²) in [6.45, 7) is 4.42. The summed E-state index contributed by atoms with van der Waals surface area (Å²) in [5.74, 6) is 0.746. The maximum Gasteiger partial charge on any atom is 0.226 e. The van der Waals surface area contributed by atoms with Crippen LogP contribution >= 0.6 is 11.3 Å². The van der Waals surface area contributed by atoms with Crippen molar-refractivity contribution in [2.24, 2.45) is 0 Å². The summed E-state index contributed by atoms with van der Waals surface area (Å²) in [6.07, 6.45) is 0.256. The molecule has 0 radical (unpaired) electrons. The van der Waals surface area contributed by atoms with Gasteiger partial charge in [0, 0.05) is 17.6 Å². The Bertz CT molecular complexity index is 868. The first-order valence-corrected chi connectivity index (χ1v) is 8.81. The van der Waals surface area contributed by atoms with Gasteiger partial charge in [0.2, 0.25) is 11.0 Å². The van der Waals surface area contributed by atoms with Crippen molar-refractivity contribution in [1.82, 2.24) is 20.1 Å². The van der Waals surface area contributed by atoms with Crippen molar-refractivity contribution in [3.8, 4) is 10.9 Å². The largest absolute Gasteiger partial charge is 0.497 e. The molecule has 0 fully saturated rings. The number of amides is 1. The smallest absolute Gasteiger partial charge is 0.226 e. The number of carbonyl (C=O) groups is 1. The number of rotatable bonds is 6. The second-order valence-electron chi connectivity index (χ2n) is 5.76. The predicted molar refractivity (Wildman–Crippen MR) is 97.3 cm³/mol. The Morgan fingerprint density at radius 1 is 1.28 bits per heavy atom. The molecular formula is C18H20N4O2S. The van der Waals surface area contributed by atoms with Crippen molar-refractivity contribution < 1.29 is 9.53 Å². The summed E-state index contributed by atoms with van der Waals surface area (Å²) in [6, 6.07) is 9.62. The van der Waals surface area contributed by atoms with E-state index >= 15 is 0 Å². The molecule has 130 valence electrons. The maximum atomic E-state index is 12.1. The van der Waals surface area contributed by atoms with Crippen LogP contribution in [0.15, 0.2) is 35.7 Å². The molecule has 0 saturated heterocycles. The Kier molecular flexibility index (Phi) is 5.14. The summed E-state index contributed by atoms with van der Waals surface area (Å²) < 4.78 is 6.93. The monoisotopic (exact) mass is 356 g/mol. The van der Waals surface area contributed by atoms with Crippen molar-refractivity contribution >= 4 is 17.2 Å². The Hall–Kier alpha value is -2.67. The molecule has 7 heteroatoms. The molecule has 6 nitrogen and oxygen atoms in total. The number of carbonyl (C=O) groups excluding carboxylic acids is 1. The van der Waals surface area contributed by atoms with Gasteiger partial charge in [-0.05, 0) is 37.6 Å². The molecule has 3 rings (SSSR count). The minimum absolute atomic E-state index is 0.0546. The van der Waals surface area contributed by atoms with E-state index in [2.05, 4.69) is 15.4 Å². The number of nitrogens with one attached hydrogen (secondary N) is 1. The molecule has 1 amide bonds. The van der Waals surface area contributed by atoms with Crippen molar-refractivity contribution in [2.45, 2.75) is 26.8 Å². The van der Waals surface area contributed by atoms with E-state index in [1.165, 1.54) is 11.3 Å². The molecule has 0 saturated carbocycles. The van der Waals surface area contributed by atoms with Crippen LogP contribution in [0.4, 0.5) is 0 Å². The molecule has 3 aromatic rings. The second kappa shape index (κ2) is 7.48. The minimum Gasteiger partial charge on any atom is -0.497 e. The molecule has 0 aliphatic heterocycles. The highest BCUT2D eigenvalue weighted by molar-refractivity contribution is 7.12. The van der Waals surface area contributed by atoms with Gasteiger partial charge in [-0.2, -0.15) is 5.10 Å². The number of aryl methyl sites for hydroxylation is 2. The first-order valence-electron chi connectivity index (χ1n) is 7.93. The lowest BCUT2D eigenvalue weighted by atomic mass is 10.2. The van der Waals surface area contributed by atoms with Crippen molar-refractivity contribution in [1.29, 1.82) is 0 Å². The molecule has 0 aliphatic rings. The average Bonchev–Trinajstić information content (AvgIpc) is 3.19. The molecule has 2 aromatic heterocycles. The van der Waals surface area contributed by atoms with Crippen molar-refractivity contribution in [2.75, 3.05) is 7.11 Å². The number of thiazole rings is 1. The van der Waals surface area contributed by atoms with Crippen LogP contribution < -0.4 is 10.1 Å². The Morgan fingerprint density at radius 2 is 2.04 bits per heavy atom. The van der Waals surface area contributed by atoms with Crippen molar-refractivity contribution in [3.05, 3.63) is 58.4 Å². The summed E-state index contributed by atoms with van der Waals surface area (Å²) in [5, 5.41) is 10.0. The molecule has 1 N–H and O–H groups in total. The average molecular weight is 356 g/mol. The van der Waals surface area contributed by atoms with Gasteiger partial charge in [-0.15, -0.1) is 11.3 Å². The summed E-state index contributed by atoms with van der Waals surface area (Å²) >= 11 is 1.49. The van der Waals surface area contributed by atoms with E-state index in [9.17, 15) is 4.79 Å². The predicted octanol–water partition coefficient (Wildman–Crippen LogP) is 2.81. The Morgan fingerprint density at radius 3 is 2.68 bits per heavy atom. The Labute approximate surface area is 150 Å². The van der Waals surface area contributed by atoms with Gasteiger partial charge in [0.1, 0.15) is 5.75 Å². The zero-order valence-corrected chi connectivity index (χ0v) is 15.3. The minimum atomic E-state index is -0.0546. The van der Waals surface area contributed by atoms with E-state index < -0.39 is 0 Å². The number of hydrogen-bond donors (Lipinski definition) is 1. The first kappa shape index (κ1) is 17.2. The molecule has 0 bridgehead atoms. The number of ether oxygens (including phenoxy) is 1. The lowest BCUT2D eigenvalue weighted by molar-refractivity contribution is -0.120. The molecule has 0 atom stereocenters. The number of benzene rings is 1. The standard InChI is InChI=1S/C18H20N4O2S/c1-12-8-13(2)22(21-12)18-20-15(11-25-18)9-17(23)19-10-14-4-6-16(24-3)7-5-14/h4-8,11H,9-10H2,1-3H3,(H,19,23). The number of methoxy groups -OCH3 is 1. The van der Waals surface area contributed by atoms with Crippen LogP contribution in [0.5, 0.6) is 5.75 Å². The summed E-state index contributed by atoms with van der Waals surface area (Å²) in [7, 11) is 1.63. The van der Waals surface area contributed by atoms with E-state index in [0.717, 1.165) is 33.5 Å².